The highest BCUT2D eigenvalue weighted by atomic mass is 19.3. The Morgan fingerprint density at radius 2 is 2.06 bits per heavy atom. The molecule has 1 saturated carbocycles. The molecule has 0 aliphatic heterocycles. The van der Waals surface area contributed by atoms with Crippen LogP contribution in [0, 0.1) is 5.92 Å². The summed E-state index contributed by atoms with van der Waals surface area (Å²) in [6.45, 7) is 2.34. The molecule has 1 rings (SSSR count). The van der Waals surface area contributed by atoms with E-state index in [-0.39, 0.29) is 18.9 Å². The van der Waals surface area contributed by atoms with Crippen molar-refractivity contribution in [3.8, 4) is 0 Å². The Morgan fingerprint density at radius 3 is 2.44 bits per heavy atom. The minimum atomic E-state index is -3.83. The molecule has 94 valence electrons. The number of esters is 1. The molecule has 0 aromatic heterocycles. The minimum Gasteiger partial charge on any atom is -0.461 e. The molecule has 0 aromatic rings. The van der Waals surface area contributed by atoms with E-state index in [1.54, 1.807) is 0 Å². The van der Waals surface area contributed by atoms with Crippen LogP contribution in [0.1, 0.15) is 39.5 Å². The van der Waals surface area contributed by atoms with Gasteiger partial charge in [0, 0.05) is 0 Å². The van der Waals surface area contributed by atoms with Crippen molar-refractivity contribution < 1.29 is 23.4 Å². The summed E-state index contributed by atoms with van der Waals surface area (Å²) < 4.78 is 31.4. The molecule has 16 heavy (non-hydrogen) atoms. The molecule has 0 amide bonds. The molecule has 0 aromatic carbocycles. The SMILES string of the molecule is CCOC(=O)C(F)(F)C(C)(O)CC1CCC1. The number of ether oxygens (including phenoxy) is 1. The average Bonchev–Trinajstić information content (AvgIpc) is 2.12. The molecular formula is C11H18F2O3. The van der Waals surface area contributed by atoms with Gasteiger partial charge < -0.3 is 9.84 Å². The molecule has 0 saturated heterocycles. The molecular weight excluding hydrogens is 218 g/mol. The molecule has 3 nitrogen and oxygen atoms in total. The molecule has 1 aliphatic carbocycles. The first kappa shape index (κ1) is 13.4. The quantitative estimate of drug-likeness (QED) is 0.744. The molecule has 1 aliphatic rings. The van der Waals surface area contributed by atoms with Crippen molar-refractivity contribution >= 4 is 5.97 Å². The van der Waals surface area contributed by atoms with Crippen LogP contribution >= 0.6 is 0 Å². The van der Waals surface area contributed by atoms with Gasteiger partial charge >= 0.3 is 11.9 Å². The number of rotatable bonds is 5. The van der Waals surface area contributed by atoms with Gasteiger partial charge in [-0.1, -0.05) is 19.3 Å². The van der Waals surface area contributed by atoms with Crippen LogP contribution < -0.4 is 0 Å². The number of halogens is 2. The lowest BCUT2D eigenvalue weighted by molar-refractivity contribution is -0.214. The van der Waals surface area contributed by atoms with E-state index in [1.807, 2.05) is 0 Å². The van der Waals surface area contributed by atoms with E-state index in [1.165, 1.54) is 6.92 Å². The van der Waals surface area contributed by atoms with Crippen LogP contribution in [-0.2, 0) is 9.53 Å². The van der Waals surface area contributed by atoms with E-state index in [9.17, 15) is 18.7 Å². The fourth-order valence-electron chi connectivity index (χ4n) is 1.83. The Hall–Kier alpha value is -0.710. The summed E-state index contributed by atoms with van der Waals surface area (Å²) in [6, 6.07) is 0. The predicted molar refractivity (Wildman–Crippen MR) is 54.2 cm³/mol. The number of aliphatic hydroxyl groups is 1. The van der Waals surface area contributed by atoms with Crippen LogP contribution in [0.15, 0.2) is 0 Å². The van der Waals surface area contributed by atoms with Gasteiger partial charge in [0.25, 0.3) is 0 Å². The van der Waals surface area contributed by atoms with Crippen molar-refractivity contribution in [3.05, 3.63) is 0 Å². The highest BCUT2D eigenvalue weighted by Gasteiger charge is 2.57. The highest BCUT2D eigenvalue weighted by molar-refractivity contribution is 5.79. The van der Waals surface area contributed by atoms with Crippen LogP contribution in [0.25, 0.3) is 0 Å². The third-order valence-corrected chi connectivity index (χ3v) is 3.12. The molecule has 1 N–H and O–H groups in total. The largest absolute Gasteiger partial charge is 0.461 e. The van der Waals surface area contributed by atoms with Gasteiger partial charge in [0.15, 0.2) is 0 Å². The van der Waals surface area contributed by atoms with E-state index in [4.69, 9.17) is 0 Å². The molecule has 0 spiro atoms. The van der Waals surface area contributed by atoms with Crippen LogP contribution in [-0.4, -0.2) is 29.2 Å². The van der Waals surface area contributed by atoms with Crippen LogP contribution in [0.3, 0.4) is 0 Å². The Labute approximate surface area is 93.8 Å². The Bertz CT molecular complexity index is 260. The maximum absolute atomic E-state index is 13.6. The molecule has 1 fully saturated rings. The van der Waals surface area contributed by atoms with Crippen LogP contribution in [0.5, 0.6) is 0 Å². The summed E-state index contributed by atoms with van der Waals surface area (Å²) in [5.74, 6) is -5.38. The summed E-state index contributed by atoms with van der Waals surface area (Å²) >= 11 is 0. The fraction of sp³-hybridized carbons (Fsp3) is 0.909. The van der Waals surface area contributed by atoms with Crippen LogP contribution in [0.4, 0.5) is 8.78 Å². The van der Waals surface area contributed by atoms with E-state index >= 15 is 0 Å². The van der Waals surface area contributed by atoms with E-state index in [0.717, 1.165) is 26.2 Å². The second kappa shape index (κ2) is 4.65. The number of carbonyl (C=O) groups is 1. The first-order valence-corrected chi connectivity index (χ1v) is 5.58. The van der Waals surface area contributed by atoms with Gasteiger partial charge in [0.05, 0.1) is 6.61 Å². The van der Waals surface area contributed by atoms with Crippen molar-refractivity contribution in [1.29, 1.82) is 0 Å². The van der Waals surface area contributed by atoms with E-state index in [0.29, 0.717) is 0 Å². The first-order valence-electron chi connectivity index (χ1n) is 5.58. The normalized spacial score (nSPS) is 21.1. The van der Waals surface area contributed by atoms with Gasteiger partial charge in [0.2, 0.25) is 0 Å². The van der Waals surface area contributed by atoms with Crippen molar-refractivity contribution in [1.82, 2.24) is 0 Å². The standard InChI is InChI=1S/C11H18F2O3/c1-3-16-9(14)11(12,13)10(2,15)7-8-5-4-6-8/h8,15H,3-7H2,1-2H3. The zero-order valence-corrected chi connectivity index (χ0v) is 9.63. The Morgan fingerprint density at radius 1 is 1.50 bits per heavy atom. The Balaban J connectivity index is 2.66. The zero-order chi connectivity index (χ0) is 12.4. The Kier molecular flexibility index (Phi) is 3.88. The number of hydrogen-bond donors (Lipinski definition) is 1. The smallest absolute Gasteiger partial charge is 0.380 e. The summed E-state index contributed by atoms with van der Waals surface area (Å²) in [7, 11) is 0. The van der Waals surface area contributed by atoms with Gasteiger partial charge in [-0.2, -0.15) is 8.78 Å². The summed E-state index contributed by atoms with van der Waals surface area (Å²) in [6.07, 6.45) is 2.63. The first-order chi connectivity index (χ1) is 7.31. The molecule has 0 bridgehead atoms. The van der Waals surface area contributed by atoms with Gasteiger partial charge in [-0.25, -0.2) is 4.79 Å². The summed E-state index contributed by atoms with van der Waals surface area (Å²) in [5.41, 5.74) is -2.32. The second-order valence-electron chi connectivity index (χ2n) is 4.57. The molecule has 0 heterocycles. The third kappa shape index (κ3) is 2.51. The number of alkyl halides is 2. The summed E-state index contributed by atoms with van der Waals surface area (Å²) in [5, 5.41) is 9.72. The van der Waals surface area contributed by atoms with Crippen molar-refractivity contribution in [2.45, 2.75) is 51.1 Å². The lowest BCUT2D eigenvalue weighted by Crippen LogP contribution is -2.53. The molecule has 1 unspecified atom stereocenters. The van der Waals surface area contributed by atoms with Crippen molar-refractivity contribution in [3.63, 3.8) is 0 Å². The summed E-state index contributed by atoms with van der Waals surface area (Å²) in [4.78, 5) is 11.1. The van der Waals surface area contributed by atoms with Crippen molar-refractivity contribution in [2.24, 2.45) is 5.92 Å². The van der Waals surface area contributed by atoms with Gasteiger partial charge in [-0.3, -0.25) is 0 Å². The van der Waals surface area contributed by atoms with Crippen molar-refractivity contribution in [2.75, 3.05) is 6.61 Å². The molecule has 1 atom stereocenters. The number of hydrogen-bond acceptors (Lipinski definition) is 3. The predicted octanol–water partition coefficient (Wildman–Crippen LogP) is 2.13. The maximum atomic E-state index is 13.6. The van der Waals surface area contributed by atoms with Gasteiger partial charge in [-0.15, -0.1) is 0 Å². The topological polar surface area (TPSA) is 46.5 Å². The lowest BCUT2D eigenvalue weighted by Gasteiger charge is -2.36. The molecule has 0 radical (unpaired) electrons. The lowest BCUT2D eigenvalue weighted by atomic mass is 9.76. The molecule has 5 heteroatoms. The zero-order valence-electron chi connectivity index (χ0n) is 9.63. The highest BCUT2D eigenvalue weighted by Crippen LogP contribution is 2.40. The maximum Gasteiger partial charge on any atom is 0.380 e. The fourth-order valence-corrected chi connectivity index (χ4v) is 1.83. The minimum absolute atomic E-state index is 0.0567. The second-order valence-corrected chi connectivity index (χ2v) is 4.57. The van der Waals surface area contributed by atoms with Gasteiger partial charge in [-0.05, 0) is 26.2 Å². The average molecular weight is 236 g/mol. The van der Waals surface area contributed by atoms with E-state index in [2.05, 4.69) is 4.74 Å². The third-order valence-electron chi connectivity index (χ3n) is 3.12. The van der Waals surface area contributed by atoms with Crippen LogP contribution in [0.2, 0.25) is 0 Å². The van der Waals surface area contributed by atoms with Gasteiger partial charge in [0.1, 0.15) is 5.60 Å². The van der Waals surface area contributed by atoms with E-state index < -0.39 is 17.5 Å². The number of carbonyl (C=O) groups excluding carboxylic acids is 1. The monoisotopic (exact) mass is 236 g/mol.